The Morgan fingerprint density at radius 3 is 2.18 bits per heavy atom. The Kier molecular flexibility index (Phi) is 15.2. The summed E-state index contributed by atoms with van der Waals surface area (Å²) in [5.74, 6) is 0. The van der Waals surface area contributed by atoms with Crippen molar-refractivity contribution < 1.29 is 34.7 Å². The van der Waals surface area contributed by atoms with E-state index in [-0.39, 0.29) is 29.6 Å². The number of hydrogen-bond acceptors (Lipinski definition) is 2. The first-order valence-corrected chi connectivity index (χ1v) is 4.63. The summed E-state index contributed by atoms with van der Waals surface area (Å²) < 4.78 is 0. The second-order valence-electron chi connectivity index (χ2n) is 2.66. The molecule has 0 N–H and O–H groups in total. The van der Waals surface area contributed by atoms with Crippen molar-refractivity contribution in [3.05, 3.63) is 0 Å². The van der Waals surface area contributed by atoms with Crippen LogP contribution in [0.25, 0.3) is 0 Å². The van der Waals surface area contributed by atoms with Gasteiger partial charge in [-0.25, -0.2) is 0 Å². The van der Waals surface area contributed by atoms with Crippen LogP contribution >= 0.6 is 12.6 Å². The maximum absolute atomic E-state index is 10.4. The van der Waals surface area contributed by atoms with Crippen LogP contribution in [0.2, 0.25) is 0 Å². The van der Waals surface area contributed by atoms with Gasteiger partial charge in [-0.15, -0.1) is 0 Å². The summed E-state index contributed by atoms with van der Waals surface area (Å²) in [5.41, 5.74) is -0.651. The molecule has 0 saturated carbocycles. The standard InChI is InChI=1S/C8H17OS.Na/c1-2-3-4-5-6-7-8(9)10;/h8,10H,2-7H2,1H3;/q-1;+1. The molecule has 0 heterocycles. The van der Waals surface area contributed by atoms with Gasteiger partial charge in [0.25, 0.3) is 0 Å². The van der Waals surface area contributed by atoms with Crippen LogP contribution in [0.4, 0.5) is 0 Å². The van der Waals surface area contributed by atoms with Crippen LogP contribution in [0.3, 0.4) is 0 Å². The summed E-state index contributed by atoms with van der Waals surface area (Å²) in [4.78, 5) is 0. The maximum atomic E-state index is 10.4. The number of hydrogen-bond donors (Lipinski definition) is 1. The predicted molar refractivity (Wildman–Crippen MR) is 46.2 cm³/mol. The molecule has 0 aromatic heterocycles. The Morgan fingerprint density at radius 2 is 1.73 bits per heavy atom. The summed E-state index contributed by atoms with van der Waals surface area (Å²) >= 11 is 3.77. The second-order valence-corrected chi connectivity index (χ2v) is 3.23. The number of thiol groups is 1. The van der Waals surface area contributed by atoms with Crippen molar-refractivity contribution in [2.75, 3.05) is 0 Å². The molecule has 0 rings (SSSR count). The van der Waals surface area contributed by atoms with Gasteiger partial charge in [0.1, 0.15) is 0 Å². The van der Waals surface area contributed by atoms with E-state index >= 15 is 0 Å². The van der Waals surface area contributed by atoms with Crippen molar-refractivity contribution >= 4 is 12.6 Å². The normalized spacial score (nSPS) is 12.3. The number of rotatable bonds is 6. The summed E-state index contributed by atoms with van der Waals surface area (Å²) in [7, 11) is 0. The Labute approximate surface area is 97.7 Å². The van der Waals surface area contributed by atoms with E-state index in [2.05, 4.69) is 19.6 Å². The van der Waals surface area contributed by atoms with Gasteiger partial charge in [0, 0.05) is 0 Å². The Balaban J connectivity index is 0. The fourth-order valence-electron chi connectivity index (χ4n) is 0.923. The number of unbranched alkanes of at least 4 members (excludes halogenated alkanes) is 4. The van der Waals surface area contributed by atoms with Crippen LogP contribution in [0.1, 0.15) is 45.4 Å². The van der Waals surface area contributed by atoms with Crippen LogP contribution in [-0.2, 0) is 0 Å². The summed E-state index contributed by atoms with van der Waals surface area (Å²) in [6.45, 7) is 2.19. The van der Waals surface area contributed by atoms with E-state index in [0.717, 1.165) is 12.8 Å². The molecule has 3 heteroatoms. The fourth-order valence-corrected chi connectivity index (χ4v) is 1.11. The quantitative estimate of drug-likeness (QED) is 0.242. The van der Waals surface area contributed by atoms with Crippen LogP contribution in [0, 0.1) is 0 Å². The van der Waals surface area contributed by atoms with Crippen molar-refractivity contribution in [1.29, 1.82) is 0 Å². The smallest absolute Gasteiger partial charge is 0.844 e. The van der Waals surface area contributed by atoms with Crippen molar-refractivity contribution in [3.63, 3.8) is 0 Å². The van der Waals surface area contributed by atoms with Gasteiger partial charge in [0.2, 0.25) is 0 Å². The molecule has 0 saturated heterocycles. The fraction of sp³-hybridized carbons (Fsp3) is 1.00. The van der Waals surface area contributed by atoms with Crippen LogP contribution in [0.5, 0.6) is 0 Å². The van der Waals surface area contributed by atoms with Crippen molar-refractivity contribution in [2.45, 2.75) is 50.9 Å². The molecule has 0 aliphatic heterocycles. The third kappa shape index (κ3) is 14.2. The molecule has 0 aromatic rings. The summed E-state index contributed by atoms with van der Waals surface area (Å²) in [6, 6.07) is 0. The van der Waals surface area contributed by atoms with Crippen molar-refractivity contribution in [3.8, 4) is 0 Å². The maximum Gasteiger partial charge on any atom is 1.00 e. The first-order chi connectivity index (χ1) is 4.77. The van der Waals surface area contributed by atoms with Crippen molar-refractivity contribution in [2.24, 2.45) is 0 Å². The molecule has 1 atom stereocenters. The van der Waals surface area contributed by atoms with Crippen LogP contribution in [0.15, 0.2) is 0 Å². The molecule has 62 valence electrons. The average molecular weight is 184 g/mol. The Hall–Kier alpha value is 1.31. The van der Waals surface area contributed by atoms with E-state index in [4.69, 9.17) is 0 Å². The van der Waals surface area contributed by atoms with Gasteiger partial charge in [-0.1, -0.05) is 50.9 Å². The molecule has 0 bridgehead atoms. The third-order valence-electron chi connectivity index (χ3n) is 1.55. The zero-order valence-electron chi connectivity index (χ0n) is 7.68. The molecular formula is C8H17NaOS. The van der Waals surface area contributed by atoms with Gasteiger partial charge >= 0.3 is 29.6 Å². The third-order valence-corrected chi connectivity index (χ3v) is 1.81. The Bertz CT molecular complexity index is 69.1. The summed E-state index contributed by atoms with van der Waals surface area (Å²) in [5, 5.41) is 10.4. The zero-order valence-corrected chi connectivity index (χ0v) is 10.6. The topological polar surface area (TPSA) is 23.1 Å². The molecule has 0 spiro atoms. The molecule has 0 fully saturated rings. The zero-order chi connectivity index (χ0) is 7.82. The predicted octanol–water partition coefficient (Wildman–Crippen LogP) is -1.03. The van der Waals surface area contributed by atoms with E-state index in [1.807, 2.05) is 0 Å². The molecular weight excluding hydrogens is 167 g/mol. The first-order valence-electron chi connectivity index (χ1n) is 4.11. The molecule has 0 radical (unpaired) electrons. The van der Waals surface area contributed by atoms with Crippen LogP contribution < -0.4 is 34.7 Å². The molecule has 0 aromatic carbocycles. The second kappa shape index (κ2) is 11.3. The Morgan fingerprint density at radius 1 is 1.18 bits per heavy atom. The minimum atomic E-state index is -0.651. The van der Waals surface area contributed by atoms with Gasteiger partial charge in [-0.2, -0.15) is 12.6 Å². The van der Waals surface area contributed by atoms with Gasteiger partial charge in [-0.3, -0.25) is 0 Å². The van der Waals surface area contributed by atoms with E-state index < -0.39 is 5.44 Å². The van der Waals surface area contributed by atoms with E-state index in [1.165, 1.54) is 25.7 Å². The van der Waals surface area contributed by atoms with Crippen molar-refractivity contribution in [1.82, 2.24) is 0 Å². The minimum absolute atomic E-state index is 0. The SMILES string of the molecule is CCCCCCCC([O-])S.[Na+]. The largest absolute Gasteiger partial charge is 1.00 e. The van der Waals surface area contributed by atoms with Crippen LogP contribution in [-0.4, -0.2) is 5.44 Å². The molecule has 0 amide bonds. The van der Waals surface area contributed by atoms with Gasteiger partial charge in [0.15, 0.2) is 0 Å². The summed E-state index contributed by atoms with van der Waals surface area (Å²) in [6.07, 6.45) is 6.83. The molecule has 1 unspecified atom stereocenters. The van der Waals surface area contributed by atoms with Gasteiger partial charge in [-0.05, 0) is 0 Å². The molecule has 0 aliphatic carbocycles. The molecule has 11 heavy (non-hydrogen) atoms. The monoisotopic (exact) mass is 184 g/mol. The van der Waals surface area contributed by atoms with E-state index in [0.29, 0.717) is 0 Å². The van der Waals surface area contributed by atoms with E-state index in [1.54, 1.807) is 0 Å². The molecule has 0 aliphatic rings. The minimum Gasteiger partial charge on any atom is -0.844 e. The molecule has 1 nitrogen and oxygen atoms in total. The average Bonchev–Trinajstić information content (AvgIpc) is 1.87. The van der Waals surface area contributed by atoms with Gasteiger partial charge < -0.3 is 5.11 Å². The van der Waals surface area contributed by atoms with Gasteiger partial charge in [0.05, 0.1) is 0 Å². The first kappa shape index (κ1) is 14.8. The van der Waals surface area contributed by atoms with E-state index in [9.17, 15) is 5.11 Å².